The second-order valence-corrected chi connectivity index (χ2v) is 7.57. The number of carboxylic acid groups (broad SMARTS) is 1. The molecule has 9 heteroatoms. The van der Waals surface area contributed by atoms with E-state index in [1.807, 2.05) is 13.8 Å². The molecule has 0 atom stereocenters. The van der Waals surface area contributed by atoms with E-state index in [4.69, 9.17) is 5.11 Å². The number of aryl methyl sites for hydroxylation is 2. The first-order valence-electron chi connectivity index (χ1n) is 8.48. The number of nitrogens with zero attached hydrogens (tertiary/aromatic N) is 4. The third-order valence-corrected chi connectivity index (χ3v) is 5.54. The Morgan fingerprint density at radius 1 is 1.27 bits per heavy atom. The number of hydrogen-bond donors (Lipinski definition) is 2. The van der Waals surface area contributed by atoms with Crippen LogP contribution in [-0.4, -0.2) is 51.8 Å². The van der Waals surface area contributed by atoms with Gasteiger partial charge in [0, 0.05) is 19.6 Å². The van der Waals surface area contributed by atoms with Crippen molar-refractivity contribution >= 4 is 29.0 Å². The number of carboxylic acids is 1. The lowest BCUT2D eigenvalue weighted by Gasteiger charge is -2.32. The quantitative estimate of drug-likeness (QED) is 0.821. The van der Waals surface area contributed by atoms with Gasteiger partial charge in [0.15, 0.2) is 11.5 Å². The maximum atomic E-state index is 12.3. The van der Waals surface area contributed by atoms with Gasteiger partial charge in [0.05, 0.1) is 10.7 Å². The van der Waals surface area contributed by atoms with E-state index in [2.05, 4.69) is 25.4 Å². The fraction of sp³-hybridized carbons (Fsp3) is 0.471. The largest absolute Gasteiger partial charge is 0.476 e. The SMILES string of the molecule is Cc1nc(C)c(C(=O)NCC2CCN(c3ccc(C(=O)O)nn3)CC2)s1. The zero-order chi connectivity index (χ0) is 18.7. The summed E-state index contributed by atoms with van der Waals surface area (Å²) in [4.78, 5) is 30.2. The molecule has 1 fully saturated rings. The maximum absolute atomic E-state index is 12.3. The van der Waals surface area contributed by atoms with Crippen molar-refractivity contribution in [3.8, 4) is 0 Å². The van der Waals surface area contributed by atoms with Crippen molar-refractivity contribution in [3.63, 3.8) is 0 Å². The second-order valence-electron chi connectivity index (χ2n) is 6.37. The molecule has 0 radical (unpaired) electrons. The molecule has 0 aromatic carbocycles. The van der Waals surface area contributed by atoms with Crippen LogP contribution in [0.25, 0.3) is 0 Å². The summed E-state index contributed by atoms with van der Waals surface area (Å²) in [6.07, 6.45) is 1.87. The van der Waals surface area contributed by atoms with Crippen LogP contribution in [0, 0.1) is 19.8 Å². The van der Waals surface area contributed by atoms with Gasteiger partial charge in [-0.2, -0.15) is 0 Å². The molecule has 3 heterocycles. The van der Waals surface area contributed by atoms with Gasteiger partial charge in [0.1, 0.15) is 4.88 Å². The summed E-state index contributed by atoms with van der Waals surface area (Å²) >= 11 is 1.42. The molecule has 2 aromatic heterocycles. The van der Waals surface area contributed by atoms with Crippen molar-refractivity contribution in [3.05, 3.63) is 33.4 Å². The van der Waals surface area contributed by atoms with Gasteiger partial charge in [-0.25, -0.2) is 9.78 Å². The highest BCUT2D eigenvalue weighted by Gasteiger charge is 2.22. The number of amides is 1. The Kier molecular flexibility index (Phi) is 5.46. The average Bonchev–Trinajstić information content (AvgIpc) is 2.98. The lowest BCUT2D eigenvalue weighted by molar-refractivity contribution is 0.0689. The number of hydrogen-bond acceptors (Lipinski definition) is 7. The highest BCUT2D eigenvalue weighted by atomic mass is 32.1. The Hall–Kier alpha value is -2.55. The fourth-order valence-electron chi connectivity index (χ4n) is 3.03. The summed E-state index contributed by atoms with van der Waals surface area (Å²) in [6, 6.07) is 3.16. The molecule has 1 aliphatic rings. The van der Waals surface area contributed by atoms with Gasteiger partial charge in [-0.1, -0.05) is 0 Å². The van der Waals surface area contributed by atoms with E-state index in [9.17, 15) is 9.59 Å². The molecule has 138 valence electrons. The minimum atomic E-state index is -1.08. The first kappa shape index (κ1) is 18.2. The normalized spacial score (nSPS) is 15.1. The Morgan fingerprint density at radius 2 is 2.00 bits per heavy atom. The first-order valence-corrected chi connectivity index (χ1v) is 9.30. The molecule has 3 rings (SSSR count). The maximum Gasteiger partial charge on any atom is 0.356 e. The third-order valence-electron chi connectivity index (χ3n) is 4.47. The highest BCUT2D eigenvalue weighted by Crippen LogP contribution is 2.22. The Balaban J connectivity index is 1.48. The van der Waals surface area contributed by atoms with Crippen LogP contribution in [0.4, 0.5) is 5.82 Å². The lowest BCUT2D eigenvalue weighted by Crippen LogP contribution is -2.39. The van der Waals surface area contributed by atoms with Crippen LogP contribution in [0.1, 0.15) is 43.7 Å². The second kappa shape index (κ2) is 7.77. The molecule has 1 saturated heterocycles. The van der Waals surface area contributed by atoms with Crippen LogP contribution in [-0.2, 0) is 0 Å². The smallest absolute Gasteiger partial charge is 0.356 e. The minimum Gasteiger partial charge on any atom is -0.476 e. The highest BCUT2D eigenvalue weighted by molar-refractivity contribution is 7.13. The number of thiazole rings is 1. The van der Waals surface area contributed by atoms with E-state index in [0.717, 1.165) is 36.6 Å². The number of aromatic nitrogens is 3. The molecule has 0 saturated carbocycles. The summed E-state index contributed by atoms with van der Waals surface area (Å²) in [5.41, 5.74) is 0.725. The van der Waals surface area contributed by atoms with E-state index >= 15 is 0 Å². The summed E-state index contributed by atoms with van der Waals surface area (Å²) in [5, 5.41) is 20.5. The zero-order valence-electron chi connectivity index (χ0n) is 14.7. The molecule has 2 N–H and O–H groups in total. The summed E-state index contributed by atoms with van der Waals surface area (Å²) in [5.74, 6) is -0.0282. The first-order chi connectivity index (χ1) is 12.4. The van der Waals surface area contributed by atoms with Crippen molar-refractivity contribution in [1.29, 1.82) is 0 Å². The van der Waals surface area contributed by atoms with Gasteiger partial charge in [0.25, 0.3) is 5.91 Å². The number of anilines is 1. The molecule has 0 unspecified atom stereocenters. The number of nitrogens with one attached hydrogen (secondary N) is 1. The molecule has 0 aliphatic carbocycles. The van der Waals surface area contributed by atoms with Crippen molar-refractivity contribution < 1.29 is 14.7 Å². The van der Waals surface area contributed by atoms with Gasteiger partial charge in [-0.15, -0.1) is 21.5 Å². The molecule has 1 aliphatic heterocycles. The van der Waals surface area contributed by atoms with Crippen LogP contribution in [0.3, 0.4) is 0 Å². The molecule has 0 spiro atoms. The van der Waals surface area contributed by atoms with Crippen molar-refractivity contribution in [2.75, 3.05) is 24.5 Å². The molecule has 0 bridgehead atoms. The molecule has 1 amide bonds. The monoisotopic (exact) mass is 375 g/mol. The van der Waals surface area contributed by atoms with Gasteiger partial charge >= 0.3 is 5.97 Å². The fourth-order valence-corrected chi connectivity index (χ4v) is 3.87. The van der Waals surface area contributed by atoms with Gasteiger partial charge in [0.2, 0.25) is 0 Å². The van der Waals surface area contributed by atoms with Crippen molar-refractivity contribution in [1.82, 2.24) is 20.5 Å². The summed E-state index contributed by atoms with van der Waals surface area (Å²) in [6.45, 7) is 6.01. The number of rotatable bonds is 5. The molecule has 26 heavy (non-hydrogen) atoms. The Labute approximate surface area is 155 Å². The molecule has 8 nitrogen and oxygen atoms in total. The molecular formula is C17H21N5O3S. The average molecular weight is 375 g/mol. The number of carbonyl (C=O) groups is 2. The van der Waals surface area contributed by atoms with Crippen LogP contribution in [0.2, 0.25) is 0 Å². The van der Waals surface area contributed by atoms with Gasteiger partial charge < -0.3 is 15.3 Å². The third kappa shape index (κ3) is 4.16. The van der Waals surface area contributed by atoms with E-state index in [1.54, 1.807) is 6.07 Å². The van der Waals surface area contributed by atoms with E-state index in [0.29, 0.717) is 23.2 Å². The lowest BCUT2D eigenvalue weighted by atomic mass is 9.97. The van der Waals surface area contributed by atoms with Crippen molar-refractivity contribution in [2.24, 2.45) is 5.92 Å². The van der Waals surface area contributed by atoms with E-state index in [-0.39, 0.29) is 11.6 Å². The van der Waals surface area contributed by atoms with Crippen LogP contribution in [0.15, 0.2) is 12.1 Å². The van der Waals surface area contributed by atoms with E-state index < -0.39 is 5.97 Å². The van der Waals surface area contributed by atoms with Crippen molar-refractivity contribution in [2.45, 2.75) is 26.7 Å². The number of carbonyl (C=O) groups excluding carboxylic acids is 1. The molecule has 2 aromatic rings. The zero-order valence-corrected chi connectivity index (χ0v) is 15.5. The van der Waals surface area contributed by atoms with Crippen LogP contribution in [0.5, 0.6) is 0 Å². The topological polar surface area (TPSA) is 108 Å². The minimum absolute atomic E-state index is 0.0503. The predicted molar refractivity (Wildman–Crippen MR) is 97.8 cm³/mol. The summed E-state index contributed by atoms with van der Waals surface area (Å²) < 4.78 is 0. The predicted octanol–water partition coefficient (Wildman–Crippen LogP) is 1.89. The number of piperidine rings is 1. The Bertz CT molecular complexity index is 797. The van der Waals surface area contributed by atoms with E-state index in [1.165, 1.54) is 17.4 Å². The summed E-state index contributed by atoms with van der Waals surface area (Å²) in [7, 11) is 0. The van der Waals surface area contributed by atoms with Crippen LogP contribution >= 0.6 is 11.3 Å². The van der Waals surface area contributed by atoms with Gasteiger partial charge in [-0.3, -0.25) is 4.79 Å². The standard InChI is InChI=1S/C17H21N5O3S/c1-10-15(26-11(2)19-10)16(23)18-9-12-5-7-22(8-6-12)14-4-3-13(17(24)25)20-21-14/h3-4,12H,5-9H2,1-2H3,(H,18,23)(H,24,25). The number of aromatic carboxylic acids is 1. The van der Waals surface area contributed by atoms with Gasteiger partial charge in [-0.05, 0) is 44.7 Å². The Morgan fingerprint density at radius 3 is 2.54 bits per heavy atom. The van der Waals surface area contributed by atoms with Crippen LogP contribution < -0.4 is 10.2 Å². The molecular weight excluding hydrogens is 354 g/mol.